The zero-order valence-electron chi connectivity index (χ0n) is 37.7. The van der Waals surface area contributed by atoms with Crippen molar-refractivity contribution in [3.05, 3.63) is 96.2 Å². The summed E-state index contributed by atoms with van der Waals surface area (Å²) in [6.07, 6.45) is -0.330. The number of aliphatic imine (C=N–C) groups is 1. The maximum Gasteiger partial charge on any atom is 0.437 e. The predicted octanol–water partition coefficient (Wildman–Crippen LogP) is 8.65. The van der Waals surface area contributed by atoms with Crippen LogP contribution in [0.25, 0.3) is 22.6 Å². The fourth-order valence-corrected chi connectivity index (χ4v) is 5.82. The summed E-state index contributed by atoms with van der Waals surface area (Å²) in [5.74, 6) is -0.808. The molecule has 5 amide bonds. The summed E-state index contributed by atoms with van der Waals surface area (Å²) >= 11 is 0. The number of alkyl carbamates (subject to hydrolysis) is 1. The number of nitrogens with two attached hydrogens (primary N) is 1. The van der Waals surface area contributed by atoms with Gasteiger partial charge in [-0.2, -0.15) is 0 Å². The van der Waals surface area contributed by atoms with Gasteiger partial charge in [0.2, 0.25) is 17.8 Å². The predicted molar refractivity (Wildman–Crippen MR) is 243 cm³/mol. The van der Waals surface area contributed by atoms with Crippen LogP contribution in [-0.4, -0.2) is 80.8 Å². The van der Waals surface area contributed by atoms with Gasteiger partial charge in [-0.25, -0.2) is 29.3 Å². The lowest BCUT2D eigenvalue weighted by Gasteiger charge is -2.26. The SMILES string of the molecule is CC(C)(C)OC(=O)N=C(N)N(CCC(=O)Nc1cccc(-c2nc(CCCc3ccccc3)cc(-c3cccc(NC(=O)CCNC(=O)OC(C)(C)C)c3)n2)c1)C(=O)OC(C)(C)C. The van der Waals surface area contributed by atoms with Crippen LogP contribution >= 0.6 is 0 Å². The van der Waals surface area contributed by atoms with Crippen LogP contribution in [0, 0.1) is 0 Å². The Morgan fingerprint density at radius 2 is 1.25 bits per heavy atom. The third-order valence-corrected chi connectivity index (χ3v) is 8.44. The van der Waals surface area contributed by atoms with Gasteiger partial charge >= 0.3 is 18.3 Å². The number of rotatable bonds is 14. The lowest BCUT2D eigenvalue weighted by Crippen LogP contribution is -2.46. The van der Waals surface area contributed by atoms with Gasteiger partial charge in [-0.15, -0.1) is 4.99 Å². The lowest BCUT2D eigenvalue weighted by atomic mass is 10.0. The van der Waals surface area contributed by atoms with E-state index in [0.717, 1.165) is 29.0 Å². The highest BCUT2D eigenvalue weighted by atomic mass is 16.6. The van der Waals surface area contributed by atoms with Crippen LogP contribution in [0.2, 0.25) is 0 Å². The Morgan fingerprint density at radius 1 is 0.667 bits per heavy atom. The Balaban J connectivity index is 1.54. The maximum absolute atomic E-state index is 13.3. The molecule has 1 heterocycles. The monoisotopic (exact) mass is 864 g/mol. The summed E-state index contributed by atoms with van der Waals surface area (Å²) in [7, 11) is 0. The summed E-state index contributed by atoms with van der Waals surface area (Å²) < 4.78 is 15.9. The smallest absolute Gasteiger partial charge is 0.437 e. The molecule has 4 rings (SSSR count). The number of carbonyl (C=O) groups is 5. The van der Waals surface area contributed by atoms with Gasteiger partial charge in [0.05, 0.1) is 5.69 Å². The summed E-state index contributed by atoms with van der Waals surface area (Å²) in [5.41, 5.74) is 8.68. The highest BCUT2D eigenvalue weighted by molar-refractivity contribution is 5.99. The number of nitrogens with zero attached hydrogens (tertiary/aromatic N) is 4. The van der Waals surface area contributed by atoms with E-state index in [1.807, 2.05) is 48.5 Å². The number of hydrogen-bond donors (Lipinski definition) is 4. The molecule has 16 heteroatoms. The molecule has 0 bridgehead atoms. The van der Waals surface area contributed by atoms with Gasteiger partial charge in [0.15, 0.2) is 5.82 Å². The molecule has 1 aromatic heterocycles. The van der Waals surface area contributed by atoms with Crippen molar-refractivity contribution in [3.63, 3.8) is 0 Å². The number of aryl methyl sites for hydroxylation is 2. The minimum atomic E-state index is -0.999. The molecule has 0 atom stereocenters. The van der Waals surface area contributed by atoms with E-state index in [-0.39, 0.29) is 31.8 Å². The summed E-state index contributed by atoms with van der Waals surface area (Å²) in [5, 5.41) is 8.35. The Kier molecular flexibility index (Phi) is 16.9. The molecule has 0 aliphatic carbocycles. The van der Waals surface area contributed by atoms with Crippen LogP contribution in [-0.2, 0) is 36.6 Å². The second-order valence-electron chi connectivity index (χ2n) is 17.7. The van der Waals surface area contributed by atoms with Gasteiger partial charge in [-0.05, 0) is 117 Å². The van der Waals surface area contributed by atoms with E-state index in [1.54, 1.807) is 86.6 Å². The number of aromatic nitrogens is 2. The summed E-state index contributed by atoms with van der Waals surface area (Å²) in [6.45, 7) is 15.2. The molecule has 3 aromatic carbocycles. The highest BCUT2D eigenvalue weighted by Gasteiger charge is 2.27. The van der Waals surface area contributed by atoms with Crippen LogP contribution in [0.3, 0.4) is 0 Å². The first-order chi connectivity index (χ1) is 29.5. The first-order valence-electron chi connectivity index (χ1n) is 20.8. The average Bonchev–Trinajstić information content (AvgIpc) is 3.16. The van der Waals surface area contributed by atoms with Crippen molar-refractivity contribution >= 4 is 47.4 Å². The highest BCUT2D eigenvalue weighted by Crippen LogP contribution is 2.27. The Bertz CT molecular complexity index is 2260. The summed E-state index contributed by atoms with van der Waals surface area (Å²) in [6, 6.07) is 26.5. The first kappa shape index (κ1) is 48.8. The molecule has 0 saturated heterocycles. The van der Waals surface area contributed by atoms with E-state index in [1.165, 1.54) is 5.56 Å². The number of amides is 5. The van der Waals surface area contributed by atoms with Gasteiger partial charge in [-0.1, -0.05) is 54.6 Å². The fraction of sp³-hybridized carbons (Fsp3) is 0.404. The topological polar surface area (TPSA) is 217 Å². The Hall–Kier alpha value is -6.84. The van der Waals surface area contributed by atoms with Crippen LogP contribution < -0.4 is 21.7 Å². The number of benzene rings is 3. The van der Waals surface area contributed by atoms with E-state index in [9.17, 15) is 24.0 Å². The number of anilines is 2. The molecule has 0 aliphatic rings. The standard InChI is InChI=1S/C47H60N8O8/c1-45(2,3)61-42(58)49-26-24-38(56)50-34-22-14-19-32(28-34)37-30-36(21-13-18-31-16-11-10-12-17-31)52-40(53-37)33-20-15-23-35(29-33)51-39(57)25-27-55(44(60)63-47(7,8)9)41(48)54-43(59)62-46(4,5)6/h10-12,14-17,19-20,22-23,28-30H,13,18,21,24-27H2,1-9H3,(H,49,58)(H,50,56)(H,51,57)(H2,48,54,59). The number of guanidine groups is 1. The van der Waals surface area contributed by atoms with Crippen molar-refractivity contribution in [2.45, 2.75) is 111 Å². The summed E-state index contributed by atoms with van der Waals surface area (Å²) in [4.78, 5) is 78.1. The van der Waals surface area contributed by atoms with Crippen LogP contribution in [0.15, 0.2) is 89.9 Å². The Morgan fingerprint density at radius 3 is 1.87 bits per heavy atom. The van der Waals surface area contributed by atoms with Crippen molar-refractivity contribution in [3.8, 4) is 22.6 Å². The molecule has 16 nitrogen and oxygen atoms in total. The quantitative estimate of drug-likeness (QED) is 0.0534. The number of nitrogens with one attached hydrogen (secondary N) is 3. The molecular weight excluding hydrogens is 805 g/mol. The van der Waals surface area contributed by atoms with Gasteiger partial charge in [-0.3, -0.25) is 9.59 Å². The van der Waals surface area contributed by atoms with Crippen LogP contribution in [0.4, 0.5) is 25.8 Å². The molecular formula is C47H60N8O8. The molecule has 0 fully saturated rings. The normalized spacial score (nSPS) is 11.9. The second-order valence-corrected chi connectivity index (χ2v) is 17.7. The van der Waals surface area contributed by atoms with Crippen molar-refractivity contribution in [1.82, 2.24) is 20.2 Å². The zero-order valence-corrected chi connectivity index (χ0v) is 37.7. The minimum absolute atomic E-state index is 0.0397. The lowest BCUT2D eigenvalue weighted by molar-refractivity contribution is -0.117. The molecule has 63 heavy (non-hydrogen) atoms. The Labute approximate surface area is 369 Å². The van der Waals surface area contributed by atoms with E-state index in [2.05, 4.69) is 33.1 Å². The molecule has 0 saturated carbocycles. The minimum Gasteiger partial charge on any atom is -0.444 e. The third-order valence-electron chi connectivity index (χ3n) is 8.44. The van der Waals surface area contributed by atoms with Crippen molar-refractivity contribution in [2.24, 2.45) is 10.7 Å². The molecule has 0 radical (unpaired) electrons. The molecule has 0 spiro atoms. The number of carbonyl (C=O) groups excluding carboxylic acids is 5. The van der Waals surface area contributed by atoms with Crippen molar-refractivity contribution < 1.29 is 38.2 Å². The van der Waals surface area contributed by atoms with Crippen molar-refractivity contribution in [2.75, 3.05) is 23.7 Å². The van der Waals surface area contributed by atoms with Crippen LogP contribution in [0.1, 0.15) is 92.8 Å². The van der Waals surface area contributed by atoms with Gasteiger partial charge in [0, 0.05) is 54.1 Å². The molecule has 0 aliphatic heterocycles. The van der Waals surface area contributed by atoms with Gasteiger partial charge in [0.25, 0.3) is 0 Å². The largest absolute Gasteiger partial charge is 0.444 e. The first-order valence-corrected chi connectivity index (χ1v) is 20.8. The van der Waals surface area contributed by atoms with Crippen molar-refractivity contribution in [1.29, 1.82) is 0 Å². The maximum atomic E-state index is 13.3. The molecule has 5 N–H and O–H groups in total. The van der Waals surface area contributed by atoms with Gasteiger partial charge in [0.1, 0.15) is 16.8 Å². The number of hydrogen-bond acceptors (Lipinski definition) is 10. The van der Waals surface area contributed by atoms with E-state index in [0.29, 0.717) is 34.9 Å². The molecule has 336 valence electrons. The van der Waals surface area contributed by atoms with Gasteiger partial charge < -0.3 is 35.9 Å². The second kappa shape index (κ2) is 21.8. The molecule has 4 aromatic rings. The zero-order chi connectivity index (χ0) is 46.4. The van der Waals surface area contributed by atoms with E-state index < -0.39 is 46.9 Å². The number of ether oxygens (including phenoxy) is 3. The average molecular weight is 865 g/mol. The van der Waals surface area contributed by atoms with Crippen LogP contribution in [0.5, 0.6) is 0 Å². The molecule has 0 unspecified atom stereocenters. The van der Waals surface area contributed by atoms with E-state index in [4.69, 9.17) is 29.9 Å². The third kappa shape index (κ3) is 18.0. The van der Waals surface area contributed by atoms with E-state index >= 15 is 0 Å². The fourth-order valence-electron chi connectivity index (χ4n) is 5.82.